The molecule has 0 radical (unpaired) electrons. The zero-order valence-corrected chi connectivity index (χ0v) is 9.69. The van der Waals surface area contributed by atoms with E-state index in [1.54, 1.807) is 12.1 Å². The van der Waals surface area contributed by atoms with Crippen molar-refractivity contribution in [3.63, 3.8) is 0 Å². The number of rotatable bonds is 2. The number of carbonyl (C=O) groups excluding carboxylic acids is 1. The fraction of sp³-hybridized carbons (Fsp3) is 0.273. The van der Waals surface area contributed by atoms with Crippen LogP contribution in [0.15, 0.2) is 18.2 Å². The summed E-state index contributed by atoms with van der Waals surface area (Å²) in [4.78, 5) is 14.7. The molecule has 1 aromatic rings. The van der Waals surface area contributed by atoms with E-state index in [1.807, 2.05) is 13.0 Å². The number of hydrogen-bond acceptors (Lipinski definition) is 2. The van der Waals surface area contributed by atoms with E-state index in [0.717, 1.165) is 24.3 Å². The quantitative estimate of drug-likeness (QED) is 0.661. The molecular weight excluding hydrogens is 226 g/mol. The second kappa shape index (κ2) is 4.53. The lowest BCUT2D eigenvalue weighted by Crippen LogP contribution is -2.73. The fourth-order valence-corrected chi connectivity index (χ4v) is 1.68. The molecule has 1 aromatic carbocycles. The van der Waals surface area contributed by atoms with Gasteiger partial charge in [0.2, 0.25) is 0 Å². The van der Waals surface area contributed by atoms with Gasteiger partial charge in [0.05, 0.1) is 0 Å². The average molecular weight is 239 g/mol. The summed E-state index contributed by atoms with van der Waals surface area (Å²) in [5, 5.41) is 6.39. The van der Waals surface area contributed by atoms with Gasteiger partial charge in [-0.15, -0.1) is 0 Å². The number of amidine groups is 1. The Morgan fingerprint density at radius 3 is 3.06 bits per heavy atom. The summed E-state index contributed by atoms with van der Waals surface area (Å²) in [6, 6.07) is 5.41. The van der Waals surface area contributed by atoms with Crippen LogP contribution in [0.3, 0.4) is 0 Å². The number of nitrogens with one attached hydrogen (secondary N) is 3. The van der Waals surface area contributed by atoms with Gasteiger partial charge in [-0.25, -0.2) is 0 Å². The van der Waals surface area contributed by atoms with E-state index in [9.17, 15) is 4.79 Å². The van der Waals surface area contributed by atoms with Crippen LogP contribution in [0.5, 0.6) is 0 Å². The number of aryl methyl sites for hydroxylation is 1. The molecule has 1 heterocycles. The maximum Gasteiger partial charge on any atom is 0.337 e. The van der Waals surface area contributed by atoms with E-state index in [0.29, 0.717) is 10.9 Å². The number of anilines is 1. The van der Waals surface area contributed by atoms with Crippen LogP contribution in [0, 0.1) is 6.92 Å². The lowest BCUT2D eigenvalue weighted by Gasteiger charge is -2.06. The van der Waals surface area contributed by atoms with Crippen molar-refractivity contribution in [1.29, 1.82) is 0 Å². The topological polar surface area (TPSA) is 55.1 Å². The molecule has 2 rings (SSSR count). The smallest absolute Gasteiger partial charge is 0.315 e. The molecule has 4 nitrogen and oxygen atoms in total. The molecule has 16 heavy (non-hydrogen) atoms. The van der Waals surface area contributed by atoms with Crippen molar-refractivity contribution in [3.05, 3.63) is 28.8 Å². The molecule has 0 saturated heterocycles. The van der Waals surface area contributed by atoms with Crippen LogP contribution in [0.1, 0.15) is 5.56 Å². The number of halogens is 1. The maximum absolute atomic E-state index is 11.8. The van der Waals surface area contributed by atoms with Crippen molar-refractivity contribution in [2.45, 2.75) is 6.92 Å². The summed E-state index contributed by atoms with van der Waals surface area (Å²) in [6.45, 7) is 3.47. The Morgan fingerprint density at radius 2 is 2.38 bits per heavy atom. The average Bonchev–Trinajstić information content (AvgIpc) is 2.76. The number of hydrogen-bond donors (Lipinski definition) is 3. The van der Waals surface area contributed by atoms with Gasteiger partial charge in [-0.3, -0.25) is 15.1 Å². The molecule has 0 fully saturated rings. The highest BCUT2D eigenvalue weighted by Gasteiger charge is 2.21. The van der Waals surface area contributed by atoms with Gasteiger partial charge in [0.1, 0.15) is 13.1 Å². The van der Waals surface area contributed by atoms with E-state index in [-0.39, 0.29) is 5.91 Å². The second-order valence-corrected chi connectivity index (χ2v) is 4.08. The highest BCUT2D eigenvalue weighted by atomic mass is 35.5. The zero-order chi connectivity index (χ0) is 11.5. The van der Waals surface area contributed by atoms with E-state index >= 15 is 0 Å². The minimum Gasteiger partial charge on any atom is -0.315 e. The van der Waals surface area contributed by atoms with Gasteiger partial charge in [0, 0.05) is 10.7 Å². The monoisotopic (exact) mass is 238 g/mol. The first-order valence-corrected chi connectivity index (χ1v) is 5.47. The van der Waals surface area contributed by atoms with E-state index < -0.39 is 0 Å². The van der Waals surface area contributed by atoms with Crippen LogP contribution in [0.2, 0.25) is 5.02 Å². The fourth-order valence-electron chi connectivity index (χ4n) is 1.51. The van der Waals surface area contributed by atoms with Crippen LogP contribution in [-0.2, 0) is 4.79 Å². The molecule has 1 aliphatic heterocycles. The molecule has 0 unspecified atom stereocenters. The molecule has 84 valence electrons. The highest BCUT2D eigenvalue weighted by Crippen LogP contribution is 2.19. The third-order valence-electron chi connectivity index (χ3n) is 2.40. The summed E-state index contributed by atoms with van der Waals surface area (Å²) in [7, 11) is 0. The SMILES string of the molecule is Cc1ccc(Cl)cc1NC(=O)C1=[NH+]CCN1. The standard InChI is InChI=1S/C11H12ClN3O/c1-7-2-3-8(12)6-9(7)15-11(16)10-13-4-5-14-10/h2-3,6H,4-5H2,1H3,(H,13,14)(H,15,16)/p+1. The van der Waals surface area contributed by atoms with E-state index in [4.69, 9.17) is 11.6 Å². The van der Waals surface area contributed by atoms with Crippen molar-refractivity contribution >= 4 is 29.0 Å². The molecule has 0 aliphatic carbocycles. The van der Waals surface area contributed by atoms with Crippen molar-refractivity contribution in [3.8, 4) is 0 Å². The molecule has 0 atom stereocenters. The molecule has 0 bridgehead atoms. The first-order valence-electron chi connectivity index (χ1n) is 5.09. The predicted molar refractivity (Wildman–Crippen MR) is 63.7 cm³/mol. The van der Waals surface area contributed by atoms with Gasteiger partial charge >= 0.3 is 11.7 Å². The summed E-state index contributed by atoms with van der Waals surface area (Å²) in [6.07, 6.45) is 0. The van der Waals surface area contributed by atoms with Gasteiger partial charge in [-0.2, -0.15) is 0 Å². The van der Waals surface area contributed by atoms with Crippen molar-refractivity contribution < 1.29 is 9.79 Å². The van der Waals surface area contributed by atoms with Gasteiger partial charge in [0.15, 0.2) is 0 Å². The Kier molecular flexibility index (Phi) is 3.10. The van der Waals surface area contributed by atoms with Crippen LogP contribution in [-0.4, -0.2) is 24.8 Å². The lowest BCUT2D eigenvalue weighted by atomic mass is 10.2. The van der Waals surface area contributed by atoms with Crippen molar-refractivity contribution in [2.75, 3.05) is 18.4 Å². The Hall–Kier alpha value is -1.55. The van der Waals surface area contributed by atoms with Crippen LogP contribution >= 0.6 is 11.6 Å². The third-order valence-corrected chi connectivity index (χ3v) is 2.64. The minimum atomic E-state index is -0.164. The molecule has 3 N–H and O–H groups in total. The number of amides is 1. The van der Waals surface area contributed by atoms with Crippen LogP contribution in [0.25, 0.3) is 0 Å². The van der Waals surface area contributed by atoms with Gasteiger partial charge in [-0.1, -0.05) is 17.7 Å². The molecule has 1 aliphatic rings. The van der Waals surface area contributed by atoms with Gasteiger partial charge in [-0.05, 0) is 24.6 Å². The molecule has 0 aromatic heterocycles. The Bertz CT molecular complexity index is 457. The second-order valence-electron chi connectivity index (χ2n) is 3.64. The minimum absolute atomic E-state index is 0.164. The Balaban J connectivity index is 2.14. The van der Waals surface area contributed by atoms with E-state index in [1.165, 1.54) is 0 Å². The third kappa shape index (κ3) is 2.33. The van der Waals surface area contributed by atoms with E-state index in [2.05, 4.69) is 15.6 Å². The van der Waals surface area contributed by atoms with Crippen molar-refractivity contribution in [2.24, 2.45) is 0 Å². The molecule has 0 spiro atoms. The van der Waals surface area contributed by atoms with Crippen LogP contribution in [0.4, 0.5) is 5.69 Å². The van der Waals surface area contributed by atoms with Crippen LogP contribution < -0.4 is 15.6 Å². The normalized spacial score (nSPS) is 14.2. The van der Waals surface area contributed by atoms with Gasteiger partial charge in [0.25, 0.3) is 0 Å². The highest BCUT2D eigenvalue weighted by molar-refractivity contribution is 6.40. The predicted octanol–water partition coefficient (Wildman–Crippen LogP) is -0.331. The summed E-state index contributed by atoms with van der Waals surface area (Å²) < 4.78 is 0. The summed E-state index contributed by atoms with van der Waals surface area (Å²) in [5.74, 6) is 0.349. The molecule has 1 amide bonds. The number of carbonyl (C=O) groups is 1. The maximum atomic E-state index is 11.8. The first kappa shape index (κ1) is 11.0. The first-order chi connectivity index (χ1) is 7.66. The molecule has 5 heteroatoms. The molecular formula is C11H13ClN3O+. The van der Waals surface area contributed by atoms with Crippen molar-refractivity contribution in [1.82, 2.24) is 5.32 Å². The van der Waals surface area contributed by atoms with Gasteiger partial charge < -0.3 is 5.32 Å². The Morgan fingerprint density at radius 1 is 1.56 bits per heavy atom. The lowest BCUT2D eigenvalue weighted by molar-refractivity contribution is -0.443. The zero-order valence-electron chi connectivity index (χ0n) is 8.93. The molecule has 0 saturated carbocycles. The number of benzene rings is 1. The largest absolute Gasteiger partial charge is 0.337 e. The summed E-state index contributed by atoms with van der Waals surface area (Å²) >= 11 is 5.87. The Labute approximate surface area is 98.7 Å². The summed E-state index contributed by atoms with van der Waals surface area (Å²) in [5.41, 5.74) is 1.72.